The number of aromatic nitrogens is 1. The molecule has 1 fully saturated rings. The molecule has 2 nitrogen and oxygen atoms in total. The van der Waals surface area contributed by atoms with Gasteiger partial charge in [-0.05, 0) is 61.9 Å². The van der Waals surface area contributed by atoms with Crippen molar-refractivity contribution in [1.29, 1.82) is 0 Å². The number of pyridine rings is 1. The highest BCUT2D eigenvalue weighted by Crippen LogP contribution is 2.19. The second-order valence-electron chi connectivity index (χ2n) is 5.77. The summed E-state index contributed by atoms with van der Waals surface area (Å²) in [6.07, 6.45) is 5.16. The molecule has 0 unspecified atom stereocenters. The molecule has 0 saturated carbocycles. The number of nitrogens with zero attached hydrogens (tertiary/aromatic N) is 2. The number of hydrogen-bond acceptors (Lipinski definition) is 2. The summed E-state index contributed by atoms with van der Waals surface area (Å²) < 4.78 is 13.8. The lowest BCUT2D eigenvalue weighted by atomic mass is 10.1. The summed E-state index contributed by atoms with van der Waals surface area (Å²) in [5, 5.41) is 0.437. The lowest BCUT2D eigenvalue weighted by Gasteiger charge is -2.28. The van der Waals surface area contributed by atoms with Crippen LogP contribution in [0, 0.1) is 5.82 Å². The standard InChI is InChI=1S/C18H20ClFN2/c19-15-9-7-14(17(20)13-15)8-10-16-5-4-6-18(21-16)22-11-2-1-3-12-22/h4-7,9,13H,1-3,8,10-12H2. The van der Waals surface area contributed by atoms with Crippen LogP contribution >= 0.6 is 11.6 Å². The highest BCUT2D eigenvalue weighted by Gasteiger charge is 2.12. The minimum Gasteiger partial charge on any atom is -0.357 e. The van der Waals surface area contributed by atoms with E-state index in [2.05, 4.69) is 11.0 Å². The predicted octanol–water partition coefficient (Wildman–Crippen LogP) is 4.65. The molecular weight excluding hydrogens is 299 g/mol. The van der Waals surface area contributed by atoms with Crippen LogP contribution in [0.5, 0.6) is 0 Å². The van der Waals surface area contributed by atoms with Crippen LogP contribution in [-0.2, 0) is 12.8 Å². The summed E-state index contributed by atoms with van der Waals surface area (Å²) in [6.45, 7) is 2.17. The van der Waals surface area contributed by atoms with E-state index in [9.17, 15) is 4.39 Å². The summed E-state index contributed by atoms with van der Waals surface area (Å²) in [7, 11) is 0. The third-order valence-electron chi connectivity index (χ3n) is 4.14. The normalized spacial score (nSPS) is 15.1. The van der Waals surface area contributed by atoms with Crippen molar-refractivity contribution >= 4 is 17.4 Å². The molecule has 0 bridgehead atoms. The average Bonchev–Trinajstić information content (AvgIpc) is 2.55. The van der Waals surface area contributed by atoms with Crippen molar-refractivity contribution in [2.45, 2.75) is 32.1 Å². The molecule has 1 aliphatic heterocycles. The van der Waals surface area contributed by atoms with Gasteiger partial charge in [0.1, 0.15) is 11.6 Å². The van der Waals surface area contributed by atoms with E-state index in [1.807, 2.05) is 12.1 Å². The van der Waals surface area contributed by atoms with Crippen molar-refractivity contribution in [3.05, 3.63) is 58.5 Å². The fourth-order valence-electron chi connectivity index (χ4n) is 2.89. The van der Waals surface area contributed by atoms with Crippen LogP contribution in [0.1, 0.15) is 30.5 Å². The number of benzene rings is 1. The van der Waals surface area contributed by atoms with Crippen molar-refractivity contribution in [3.63, 3.8) is 0 Å². The molecule has 2 heterocycles. The lowest BCUT2D eigenvalue weighted by Crippen LogP contribution is -2.30. The average molecular weight is 319 g/mol. The second-order valence-corrected chi connectivity index (χ2v) is 6.21. The molecular formula is C18H20ClFN2. The van der Waals surface area contributed by atoms with Gasteiger partial charge in [0.2, 0.25) is 0 Å². The fraction of sp³-hybridized carbons (Fsp3) is 0.389. The van der Waals surface area contributed by atoms with Gasteiger partial charge < -0.3 is 4.90 Å². The molecule has 0 aliphatic carbocycles. The number of hydrogen-bond donors (Lipinski definition) is 0. The second kappa shape index (κ2) is 7.10. The van der Waals surface area contributed by atoms with Gasteiger partial charge in [0.05, 0.1) is 0 Å². The van der Waals surface area contributed by atoms with E-state index in [-0.39, 0.29) is 5.82 Å². The first-order valence-electron chi connectivity index (χ1n) is 7.87. The highest BCUT2D eigenvalue weighted by molar-refractivity contribution is 6.30. The van der Waals surface area contributed by atoms with Gasteiger partial charge in [-0.3, -0.25) is 0 Å². The summed E-state index contributed by atoms with van der Waals surface area (Å²) in [5.41, 5.74) is 1.70. The predicted molar refractivity (Wildman–Crippen MR) is 89.1 cm³/mol. The van der Waals surface area contributed by atoms with Crippen LogP contribution in [-0.4, -0.2) is 18.1 Å². The van der Waals surface area contributed by atoms with Crippen molar-refractivity contribution in [3.8, 4) is 0 Å². The molecule has 1 saturated heterocycles. The van der Waals surface area contributed by atoms with E-state index in [1.54, 1.807) is 12.1 Å². The third kappa shape index (κ3) is 3.77. The molecule has 116 valence electrons. The van der Waals surface area contributed by atoms with Gasteiger partial charge in [-0.15, -0.1) is 0 Å². The van der Waals surface area contributed by atoms with Crippen molar-refractivity contribution in [2.24, 2.45) is 0 Å². The van der Waals surface area contributed by atoms with Crippen LogP contribution in [0.25, 0.3) is 0 Å². The number of rotatable bonds is 4. The van der Waals surface area contributed by atoms with Crippen LogP contribution in [0.2, 0.25) is 5.02 Å². The first kappa shape index (κ1) is 15.3. The number of aryl methyl sites for hydroxylation is 2. The smallest absolute Gasteiger partial charge is 0.128 e. The van der Waals surface area contributed by atoms with Crippen molar-refractivity contribution in [1.82, 2.24) is 4.98 Å². The van der Waals surface area contributed by atoms with Gasteiger partial charge in [0.25, 0.3) is 0 Å². The van der Waals surface area contributed by atoms with Crippen LogP contribution in [0.4, 0.5) is 10.2 Å². The van der Waals surface area contributed by atoms with Gasteiger partial charge in [-0.25, -0.2) is 9.37 Å². The van der Waals surface area contributed by atoms with Crippen molar-refractivity contribution in [2.75, 3.05) is 18.0 Å². The van der Waals surface area contributed by atoms with Gasteiger partial charge in [-0.2, -0.15) is 0 Å². The maximum absolute atomic E-state index is 13.8. The first-order chi connectivity index (χ1) is 10.7. The quantitative estimate of drug-likeness (QED) is 0.815. The Morgan fingerprint density at radius 1 is 1.05 bits per heavy atom. The zero-order valence-electron chi connectivity index (χ0n) is 12.6. The Kier molecular flexibility index (Phi) is 4.94. The largest absolute Gasteiger partial charge is 0.357 e. The zero-order valence-corrected chi connectivity index (χ0v) is 13.3. The van der Waals surface area contributed by atoms with E-state index in [0.29, 0.717) is 17.0 Å². The molecule has 0 amide bonds. The number of anilines is 1. The van der Waals surface area contributed by atoms with Gasteiger partial charge in [0.15, 0.2) is 0 Å². The molecule has 2 aromatic rings. The Morgan fingerprint density at radius 3 is 2.64 bits per heavy atom. The Bertz CT molecular complexity index is 639. The Labute approximate surface area is 135 Å². The Hall–Kier alpha value is -1.61. The lowest BCUT2D eigenvalue weighted by molar-refractivity contribution is 0.572. The number of halogens is 2. The van der Waals surface area contributed by atoms with Crippen molar-refractivity contribution < 1.29 is 4.39 Å². The molecule has 0 radical (unpaired) electrons. The van der Waals surface area contributed by atoms with E-state index >= 15 is 0 Å². The van der Waals surface area contributed by atoms with Gasteiger partial charge in [0, 0.05) is 23.8 Å². The molecule has 1 aromatic heterocycles. The SMILES string of the molecule is Fc1cc(Cl)ccc1CCc1cccc(N2CCCCC2)n1. The monoisotopic (exact) mass is 318 g/mol. The minimum atomic E-state index is -0.236. The molecule has 0 N–H and O–H groups in total. The molecule has 0 atom stereocenters. The third-order valence-corrected chi connectivity index (χ3v) is 4.37. The summed E-state index contributed by atoms with van der Waals surface area (Å²) in [6, 6.07) is 11.0. The van der Waals surface area contributed by atoms with Crippen LogP contribution in [0.15, 0.2) is 36.4 Å². The Balaban J connectivity index is 1.67. The molecule has 1 aliphatic rings. The molecule has 3 rings (SSSR count). The topological polar surface area (TPSA) is 16.1 Å². The van der Waals surface area contributed by atoms with E-state index < -0.39 is 0 Å². The fourth-order valence-corrected chi connectivity index (χ4v) is 3.05. The van der Waals surface area contributed by atoms with E-state index in [4.69, 9.17) is 16.6 Å². The zero-order chi connectivity index (χ0) is 15.4. The number of piperidine rings is 1. The van der Waals surface area contributed by atoms with E-state index in [1.165, 1.54) is 25.3 Å². The highest BCUT2D eigenvalue weighted by atomic mass is 35.5. The van der Waals surface area contributed by atoms with Crippen LogP contribution in [0.3, 0.4) is 0 Å². The minimum absolute atomic E-state index is 0.236. The first-order valence-corrected chi connectivity index (χ1v) is 8.25. The Morgan fingerprint density at radius 2 is 1.86 bits per heavy atom. The van der Waals surface area contributed by atoms with Crippen LogP contribution < -0.4 is 4.90 Å². The summed E-state index contributed by atoms with van der Waals surface area (Å²) in [5.74, 6) is 0.813. The molecule has 1 aromatic carbocycles. The van der Waals surface area contributed by atoms with E-state index in [0.717, 1.165) is 31.0 Å². The van der Waals surface area contributed by atoms with Gasteiger partial charge >= 0.3 is 0 Å². The molecule has 4 heteroatoms. The molecule has 0 spiro atoms. The summed E-state index contributed by atoms with van der Waals surface area (Å²) >= 11 is 5.78. The molecule has 22 heavy (non-hydrogen) atoms. The maximum atomic E-state index is 13.8. The maximum Gasteiger partial charge on any atom is 0.128 e. The van der Waals surface area contributed by atoms with Gasteiger partial charge in [-0.1, -0.05) is 23.7 Å². The summed E-state index contributed by atoms with van der Waals surface area (Å²) in [4.78, 5) is 7.08.